The van der Waals surface area contributed by atoms with Gasteiger partial charge in [-0.05, 0) is 32.1 Å². The molecule has 1 atom stereocenters. The Labute approximate surface area is 138 Å². The number of hydrogen-bond donors (Lipinski definition) is 0. The molecule has 1 heterocycles. The van der Waals surface area contributed by atoms with E-state index in [2.05, 4.69) is 0 Å². The molecule has 1 aromatic carbocycles. The number of carbonyl (C=O) groups is 1. The fourth-order valence-corrected chi connectivity index (χ4v) is 2.17. The highest BCUT2D eigenvalue weighted by molar-refractivity contribution is 5.98. The molecule has 0 unspecified atom stereocenters. The van der Waals surface area contributed by atoms with Crippen LogP contribution in [0, 0.1) is 18.3 Å². The zero-order chi connectivity index (χ0) is 17.7. The van der Waals surface area contributed by atoms with Gasteiger partial charge in [-0.2, -0.15) is 5.26 Å². The molecule has 2 aromatic rings. The zero-order valence-corrected chi connectivity index (χ0v) is 13.7. The highest BCUT2D eigenvalue weighted by Gasteiger charge is 2.16. The number of nitriles is 1. The minimum absolute atomic E-state index is 0.112. The van der Waals surface area contributed by atoms with Gasteiger partial charge in [-0.25, -0.2) is 4.79 Å². The van der Waals surface area contributed by atoms with Crippen LogP contribution in [0.2, 0.25) is 0 Å². The molecule has 124 valence electrons. The van der Waals surface area contributed by atoms with Crippen molar-refractivity contribution in [1.82, 2.24) is 0 Å². The van der Waals surface area contributed by atoms with Crippen LogP contribution in [0.5, 0.6) is 0 Å². The van der Waals surface area contributed by atoms with Gasteiger partial charge in [-0.3, -0.25) is 4.79 Å². The first kappa shape index (κ1) is 17.4. The molecular formula is C18H17NO5. The molecule has 0 aliphatic carbocycles. The van der Waals surface area contributed by atoms with E-state index in [4.69, 9.17) is 19.2 Å². The molecule has 6 heteroatoms. The second-order valence-electron chi connectivity index (χ2n) is 5.36. The topological polar surface area (TPSA) is 89.5 Å². The number of aryl methyl sites for hydroxylation is 1. The quantitative estimate of drug-likeness (QED) is 0.476. The maximum Gasteiger partial charge on any atom is 0.349 e. The molecule has 0 radical (unpaired) electrons. The first-order valence-electron chi connectivity index (χ1n) is 7.30. The number of fused-ring (bicyclic) bond motifs is 1. The van der Waals surface area contributed by atoms with E-state index in [1.54, 1.807) is 25.1 Å². The third-order valence-electron chi connectivity index (χ3n) is 3.30. The largest absolute Gasteiger partial charge is 0.463 e. The van der Waals surface area contributed by atoms with E-state index in [1.807, 2.05) is 13.0 Å². The molecule has 0 saturated carbocycles. The lowest BCUT2D eigenvalue weighted by atomic mass is 10.1. The van der Waals surface area contributed by atoms with E-state index in [-0.39, 0.29) is 23.2 Å². The number of hydrogen-bond acceptors (Lipinski definition) is 6. The summed E-state index contributed by atoms with van der Waals surface area (Å²) in [5.41, 5.74) is 0.866. The monoisotopic (exact) mass is 327 g/mol. The van der Waals surface area contributed by atoms with E-state index in [0.717, 1.165) is 5.56 Å². The molecule has 0 bridgehead atoms. The number of nitrogens with zero attached hydrogens (tertiary/aromatic N) is 1. The fourth-order valence-electron chi connectivity index (χ4n) is 2.17. The summed E-state index contributed by atoms with van der Waals surface area (Å²) in [7, 11) is 1.48. The third-order valence-corrected chi connectivity index (χ3v) is 3.30. The Morgan fingerprint density at radius 1 is 1.46 bits per heavy atom. The van der Waals surface area contributed by atoms with E-state index >= 15 is 0 Å². The van der Waals surface area contributed by atoms with Crippen LogP contribution in [-0.4, -0.2) is 25.8 Å². The van der Waals surface area contributed by atoms with Gasteiger partial charge in [-0.15, -0.1) is 0 Å². The first-order valence-corrected chi connectivity index (χ1v) is 7.30. The molecule has 0 fully saturated rings. The molecular weight excluding hydrogens is 310 g/mol. The number of rotatable bonds is 5. The molecule has 0 aliphatic rings. The second kappa shape index (κ2) is 7.57. The average Bonchev–Trinajstić information content (AvgIpc) is 2.55. The number of methoxy groups -OCH3 is 1. The smallest absolute Gasteiger partial charge is 0.349 e. The standard InChI is InChI=1S/C18H17NO5/c1-11-4-5-16-15(6-11)17(20)14(10-23-16)7-13(8-19)18(21)24-12(2)9-22-3/h4-7,10,12H,9H2,1-3H3/b13-7-/t12-/m1/s1. The van der Waals surface area contributed by atoms with Gasteiger partial charge in [0.1, 0.15) is 29.6 Å². The zero-order valence-electron chi connectivity index (χ0n) is 13.7. The van der Waals surface area contributed by atoms with Crippen molar-refractivity contribution in [3.05, 3.63) is 51.4 Å². The fraction of sp³-hybridized carbons (Fsp3) is 0.278. The molecule has 1 aromatic heterocycles. The van der Waals surface area contributed by atoms with Crippen LogP contribution >= 0.6 is 0 Å². The molecule has 0 amide bonds. The van der Waals surface area contributed by atoms with Crippen molar-refractivity contribution in [1.29, 1.82) is 5.26 Å². The van der Waals surface area contributed by atoms with Crippen molar-refractivity contribution in [2.45, 2.75) is 20.0 Å². The highest BCUT2D eigenvalue weighted by atomic mass is 16.6. The number of carbonyl (C=O) groups excluding carboxylic acids is 1. The molecule has 6 nitrogen and oxygen atoms in total. The maximum atomic E-state index is 12.5. The summed E-state index contributed by atoms with van der Waals surface area (Å²) in [5.74, 6) is -0.814. The van der Waals surface area contributed by atoms with Crippen LogP contribution < -0.4 is 5.43 Å². The Hall–Kier alpha value is -2.91. The molecule has 2 rings (SSSR count). The average molecular weight is 327 g/mol. The normalized spacial score (nSPS) is 12.7. The Kier molecular flexibility index (Phi) is 5.51. The van der Waals surface area contributed by atoms with E-state index in [0.29, 0.717) is 11.0 Å². The van der Waals surface area contributed by atoms with Gasteiger partial charge in [0.15, 0.2) is 5.43 Å². The summed E-state index contributed by atoms with van der Waals surface area (Å²) in [4.78, 5) is 24.5. The molecule has 0 N–H and O–H groups in total. The van der Waals surface area contributed by atoms with Crippen molar-refractivity contribution in [3.63, 3.8) is 0 Å². The van der Waals surface area contributed by atoms with Gasteiger partial charge in [0, 0.05) is 7.11 Å². The van der Waals surface area contributed by atoms with E-state index < -0.39 is 12.1 Å². The SMILES string of the molecule is COC[C@@H](C)OC(=O)/C(C#N)=C\c1coc2ccc(C)cc2c1=O. The molecule has 0 spiro atoms. The lowest BCUT2D eigenvalue weighted by molar-refractivity contribution is -0.145. The maximum absolute atomic E-state index is 12.5. The number of ether oxygens (including phenoxy) is 2. The number of esters is 1. The van der Waals surface area contributed by atoms with Crippen LogP contribution in [0.15, 0.2) is 39.2 Å². The van der Waals surface area contributed by atoms with Gasteiger partial charge >= 0.3 is 5.97 Å². The summed E-state index contributed by atoms with van der Waals surface area (Å²) in [6.07, 6.45) is 1.90. The molecule has 0 aliphatic heterocycles. The van der Waals surface area contributed by atoms with Crippen molar-refractivity contribution in [2.75, 3.05) is 13.7 Å². The summed E-state index contributed by atoms with van der Waals surface area (Å²) >= 11 is 0. The van der Waals surface area contributed by atoms with Gasteiger partial charge in [0.05, 0.1) is 17.6 Å². The van der Waals surface area contributed by atoms with Crippen LogP contribution in [-0.2, 0) is 14.3 Å². The molecule has 24 heavy (non-hydrogen) atoms. The summed E-state index contributed by atoms with van der Waals surface area (Å²) in [5, 5.41) is 9.56. The van der Waals surface area contributed by atoms with E-state index in [9.17, 15) is 9.59 Å². The van der Waals surface area contributed by atoms with Crippen LogP contribution in [0.3, 0.4) is 0 Å². The predicted octanol–water partition coefficient (Wildman–Crippen LogP) is 2.59. The first-order chi connectivity index (χ1) is 11.5. The van der Waals surface area contributed by atoms with Gasteiger partial charge in [0.2, 0.25) is 0 Å². The van der Waals surface area contributed by atoms with Crippen LogP contribution in [0.4, 0.5) is 0 Å². The minimum Gasteiger partial charge on any atom is -0.463 e. The van der Waals surface area contributed by atoms with Crippen molar-refractivity contribution < 1.29 is 18.7 Å². The van der Waals surface area contributed by atoms with Crippen molar-refractivity contribution in [2.24, 2.45) is 0 Å². The van der Waals surface area contributed by atoms with Gasteiger partial charge in [0.25, 0.3) is 0 Å². The summed E-state index contributed by atoms with van der Waals surface area (Å²) in [6, 6.07) is 6.98. The second-order valence-corrected chi connectivity index (χ2v) is 5.36. The predicted molar refractivity (Wildman–Crippen MR) is 88.2 cm³/mol. The van der Waals surface area contributed by atoms with Crippen LogP contribution in [0.25, 0.3) is 17.0 Å². The Morgan fingerprint density at radius 3 is 2.88 bits per heavy atom. The van der Waals surface area contributed by atoms with Crippen molar-refractivity contribution in [3.8, 4) is 6.07 Å². The Morgan fingerprint density at radius 2 is 2.21 bits per heavy atom. The highest BCUT2D eigenvalue weighted by Crippen LogP contribution is 2.15. The summed E-state index contributed by atoms with van der Waals surface area (Å²) in [6.45, 7) is 3.71. The Bertz CT molecular complexity index is 888. The molecule has 0 saturated heterocycles. The number of benzene rings is 1. The van der Waals surface area contributed by atoms with Crippen LogP contribution in [0.1, 0.15) is 18.1 Å². The lowest BCUT2D eigenvalue weighted by Crippen LogP contribution is -2.20. The lowest BCUT2D eigenvalue weighted by Gasteiger charge is -2.11. The third kappa shape index (κ3) is 3.89. The van der Waals surface area contributed by atoms with Gasteiger partial charge < -0.3 is 13.9 Å². The van der Waals surface area contributed by atoms with Crippen molar-refractivity contribution >= 4 is 23.0 Å². The minimum atomic E-state index is -0.814. The summed E-state index contributed by atoms with van der Waals surface area (Å²) < 4.78 is 15.3. The van der Waals surface area contributed by atoms with Gasteiger partial charge in [-0.1, -0.05) is 11.6 Å². The Balaban J connectivity index is 2.39. The van der Waals surface area contributed by atoms with E-state index in [1.165, 1.54) is 19.4 Å².